The molecular formula is C17H21F3. The molecule has 3 aliphatic rings. The molecule has 0 nitrogen and oxygen atoms in total. The van der Waals surface area contributed by atoms with Crippen LogP contribution in [0, 0.1) is 17.8 Å². The van der Waals surface area contributed by atoms with Gasteiger partial charge in [-0.2, -0.15) is 0 Å². The van der Waals surface area contributed by atoms with Crippen LogP contribution in [0.3, 0.4) is 0 Å². The second-order valence-electron chi connectivity index (χ2n) is 6.70. The molecule has 0 aromatic heterocycles. The minimum absolute atomic E-state index is 0.0671. The molecule has 0 bridgehead atoms. The Hall–Kier alpha value is -0.990. The van der Waals surface area contributed by atoms with Crippen LogP contribution in [0.5, 0.6) is 0 Å². The quantitative estimate of drug-likeness (QED) is 0.516. The van der Waals surface area contributed by atoms with Gasteiger partial charge in [-0.05, 0) is 61.5 Å². The number of rotatable bonds is 0. The van der Waals surface area contributed by atoms with Gasteiger partial charge in [0, 0.05) is 6.42 Å². The fraction of sp³-hybridized carbons (Fsp3) is 0.647. The lowest BCUT2D eigenvalue weighted by atomic mass is 9.66. The molecule has 110 valence electrons. The van der Waals surface area contributed by atoms with Crippen LogP contribution in [0.15, 0.2) is 34.7 Å². The first-order valence-corrected chi connectivity index (χ1v) is 7.67. The average Bonchev–Trinajstić information content (AvgIpc) is 2.43. The minimum Gasteiger partial charge on any atom is -0.208 e. The van der Waals surface area contributed by atoms with Crippen molar-refractivity contribution in [2.45, 2.75) is 51.9 Å². The molecule has 3 heteroatoms. The topological polar surface area (TPSA) is 0 Å². The molecule has 0 saturated heterocycles. The van der Waals surface area contributed by atoms with E-state index >= 15 is 0 Å². The highest BCUT2D eigenvalue weighted by Gasteiger charge is 2.33. The zero-order valence-electron chi connectivity index (χ0n) is 11.9. The fourth-order valence-electron chi connectivity index (χ4n) is 4.12. The molecule has 3 rings (SSSR count). The highest BCUT2D eigenvalue weighted by atomic mass is 19.2. The summed E-state index contributed by atoms with van der Waals surface area (Å²) in [6.45, 7) is 2.31. The average molecular weight is 282 g/mol. The van der Waals surface area contributed by atoms with Gasteiger partial charge >= 0.3 is 0 Å². The summed E-state index contributed by atoms with van der Waals surface area (Å²) < 4.78 is 39.8. The Morgan fingerprint density at radius 3 is 2.60 bits per heavy atom. The van der Waals surface area contributed by atoms with Crippen molar-refractivity contribution in [2.24, 2.45) is 17.8 Å². The maximum Gasteiger partial charge on any atom is 0.190 e. The molecule has 0 aromatic carbocycles. The van der Waals surface area contributed by atoms with Crippen LogP contribution in [-0.4, -0.2) is 0 Å². The van der Waals surface area contributed by atoms with E-state index in [9.17, 15) is 13.2 Å². The van der Waals surface area contributed by atoms with E-state index in [2.05, 4.69) is 6.92 Å². The van der Waals surface area contributed by atoms with Gasteiger partial charge in [-0.3, -0.25) is 0 Å². The number of halogens is 3. The molecule has 0 heterocycles. The minimum atomic E-state index is -1.31. The van der Waals surface area contributed by atoms with Gasteiger partial charge in [-0.25, -0.2) is 13.2 Å². The van der Waals surface area contributed by atoms with Crippen molar-refractivity contribution in [3.63, 3.8) is 0 Å². The highest BCUT2D eigenvalue weighted by molar-refractivity contribution is 5.42. The molecule has 0 radical (unpaired) electrons. The zero-order valence-corrected chi connectivity index (χ0v) is 11.9. The van der Waals surface area contributed by atoms with E-state index in [0.717, 1.165) is 36.7 Å². The van der Waals surface area contributed by atoms with E-state index in [1.807, 2.05) is 0 Å². The summed E-state index contributed by atoms with van der Waals surface area (Å²) in [4.78, 5) is 0. The predicted octanol–water partition coefficient (Wildman–Crippen LogP) is 5.93. The third-order valence-electron chi connectivity index (χ3n) is 5.28. The summed E-state index contributed by atoms with van der Waals surface area (Å²) in [6.07, 6.45) is 7.91. The Balaban J connectivity index is 1.78. The first kappa shape index (κ1) is 14.0. The lowest BCUT2D eigenvalue weighted by Gasteiger charge is -2.40. The standard InChI is InChI=1S/C17H21F3/c1-10-2-3-12-7-13(5-4-11(12)6-10)14-8-15(18)17(20)16(19)9-14/h8,10-12H,2-7,9H2,1H3/b14-13+. The predicted molar refractivity (Wildman–Crippen MR) is 73.9 cm³/mol. The van der Waals surface area contributed by atoms with E-state index in [1.54, 1.807) is 0 Å². The van der Waals surface area contributed by atoms with Gasteiger partial charge in [-0.15, -0.1) is 0 Å². The van der Waals surface area contributed by atoms with Crippen LogP contribution in [0.4, 0.5) is 13.2 Å². The fourth-order valence-corrected chi connectivity index (χ4v) is 4.12. The summed E-state index contributed by atoms with van der Waals surface area (Å²) in [5, 5.41) is 0. The van der Waals surface area contributed by atoms with Crippen molar-refractivity contribution in [2.75, 3.05) is 0 Å². The lowest BCUT2D eigenvalue weighted by molar-refractivity contribution is 0.158. The van der Waals surface area contributed by atoms with Gasteiger partial charge in [0.1, 0.15) is 5.83 Å². The maximum atomic E-state index is 13.4. The van der Waals surface area contributed by atoms with Crippen molar-refractivity contribution < 1.29 is 13.2 Å². The normalized spacial score (nSPS) is 38.6. The molecule has 0 aromatic rings. The monoisotopic (exact) mass is 282 g/mol. The number of hydrogen-bond donors (Lipinski definition) is 0. The highest BCUT2D eigenvalue weighted by Crippen LogP contribution is 2.46. The van der Waals surface area contributed by atoms with E-state index < -0.39 is 17.5 Å². The molecule has 3 atom stereocenters. The van der Waals surface area contributed by atoms with Crippen LogP contribution in [0.1, 0.15) is 51.9 Å². The third-order valence-corrected chi connectivity index (χ3v) is 5.28. The second kappa shape index (κ2) is 5.42. The molecule has 0 aliphatic heterocycles. The van der Waals surface area contributed by atoms with Gasteiger partial charge in [0.25, 0.3) is 0 Å². The Morgan fingerprint density at radius 2 is 1.85 bits per heavy atom. The molecule has 0 amide bonds. The summed E-state index contributed by atoms with van der Waals surface area (Å²) >= 11 is 0. The van der Waals surface area contributed by atoms with Gasteiger partial charge in [0.2, 0.25) is 0 Å². The van der Waals surface area contributed by atoms with Crippen LogP contribution in [0.25, 0.3) is 0 Å². The molecule has 20 heavy (non-hydrogen) atoms. The SMILES string of the molecule is CC1CCC2C/C(=C3\C=C(F)C(F)=C(F)C3)CCC2C1. The Labute approximate surface area is 118 Å². The summed E-state index contributed by atoms with van der Waals surface area (Å²) in [6, 6.07) is 0. The first-order chi connectivity index (χ1) is 9.54. The molecule has 2 fully saturated rings. The van der Waals surface area contributed by atoms with Crippen molar-refractivity contribution in [1.29, 1.82) is 0 Å². The Bertz CT molecular complexity index is 498. The van der Waals surface area contributed by atoms with Gasteiger partial charge in [-0.1, -0.05) is 18.9 Å². The number of allylic oxidation sites excluding steroid dienone is 6. The molecule has 0 spiro atoms. The van der Waals surface area contributed by atoms with Crippen molar-refractivity contribution in [1.82, 2.24) is 0 Å². The second-order valence-corrected chi connectivity index (χ2v) is 6.70. The molecule has 2 saturated carbocycles. The largest absolute Gasteiger partial charge is 0.208 e. The Kier molecular flexibility index (Phi) is 3.78. The van der Waals surface area contributed by atoms with Crippen LogP contribution >= 0.6 is 0 Å². The molecular weight excluding hydrogens is 261 g/mol. The Morgan fingerprint density at radius 1 is 1.05 bits per heavy atom. The van der Waals surface area contributed by atoms with E-state index in [1.165, 1.54) is 25.3 Å². The van der Waals surface area contributed by atoms with E-state index in [0.29, 0.717) is 11.5 Å². The van der Waals surface area contributed by atoms with Crippen molar-refractivity contribution in [3.8, 4) is 0 Å². The van der Waals surface area contributed by atoms with Crippen LogP contribution in [-0.2, 0) is 0 Å². The van der Waals surface area contributed by atoms with Crippen molar-refractivity contribution in [3.05, 3.63) is 34.7 Å². The smallest absolute Gasteiger partial charge is 0.190 e. The van der Waals surface area contributed by atoms with E-state index in [-0.39, 0.29) is 6.42 Å². The molecule has 0 N–H and O–H groups in total. The van der Waals surface area contributed by atoms with E-state index in [4.69, 9.17) is 0 Å². The van der Waals surface area contributed by atoms with Gasteiger partial charge in [0.15, 0.2) is 11.7 Å². The molecule has 3 unspecified atom stereocenters. The number of fused-ring (bicyclic) bond motifs is 1. The molecule has 3 aliphatic carbocycles. The lowest BCUT2D eigenvalue weighted by Crippen LogP contribution is -2.28. The number of hydrogen-bond acceptors (Lipinski definition) is 0. The van der Waals surface area contributed by atoms with Crippen molar-refractivity contribution >= 4 is 0 Å². The van der Waals surface area contributed by atoms with Gasteiger partial charge < -0.3 is 0 Å². The van der Waals surface area contributed by atoms with Gasteiger partial charge in [0.05, 0.1) is 0 Å². The summed E-state index contributed by atoms with van der Waals surface area (Å²) in [7, 11) is 0. The van der Waals surface area contributed by atoms with Crippen LogP contribution in [0.2, 0.25) is 0 Å². The van der Waals surface area contributed by atoms with Crippen LogP contribution < -0.4 is 0 Å². The third kappa shape index (κ3) is 2.59. The first-order valence-electron chi connectivity index (χ1n) is 7.67. The zero-order chi connectivity index (χ0) is 14.3. The maximum absolute atomic E-state index is 13.4. The summed E-state index contributed by atoms with van der Waals surface area (Å²) in [5.74, 6) is -1.06. The summed E-state index contributed by atoms with van der Waals surface area (Å²) in [5.41, 5.74) is 1.83.